The molecule has 0 spiro atoms. The van der Waals surface area contributed by atoms with E-state index in [1.54, 1.807) is 62.4 Å². The van der Waals surface area contributed by atoms with Crippen LogP contribution in [0.2, 0.25) is 0 Å². The Labute approximate surface area is 297 Å². The summed E-state index contributed by atoms with van der Waals surface area (Å²) >= 11 is 0. The van der Waals surface area contributed by atoms with Gasteiger partial charge in [0.05, 0.1) is 27.6 Å². The second kappa shape index (κ2) is 13.2. The fraction of sp³-hybridized carbons (Fsp3) is 0.0588. The number of aryl methyl sites for hydroxylation is 2. The van der Waals surface area contributed by atoms with Gasteiger partial charge in [-0.05, 0) is 95.4 Å². The van der Waals surface area contributed by atoms with Crippen LogP contribution in [-0.2, 0) is 30.4 Å². The van der Waals surface area contributed by atoms with Gasteiger partial charge in [-0.1, -0.05) is 42.5 Å². The summed E-state index contributed by atoms with van der Waals surface area (Å²) in [5.74, 6) is 0. The fourth-order valence-corrected chi connectivity index (χ4v) is 7.42. The Kier molecular flexibility index (Phi) is 9.16. The normalized spacial score (nSPS) is 12.8. The summed E-state index contributed by atoms with van der Waals surface area (Å²) in [5.41, 5.74) is 15.4. The lowest BCUT2D eigenvalue weighted by atomic mass is 10.0. The number of nitrogens with zero attached hydrogens (tertiary/aromatic N) is 4. The number of fused-ring (bicyclic) bond motifs is 2. The van der Waals surface area contributed by atoms with Crippen LogP contribution in [0, 0.1) is 13.8 Å². The van der Waals surface area contributed by atoms with Gasteiger partial charge in [-0.2, -0.15) is 35.5 Å². The van der Waals surface area contributed by atoms with Crippen LogP contribution in [0.25, 0.3) is 32.7 Å². The van der Waals surface area contributed by atoms with Gasteiger partial charge in [-0.25, -0.2) is 0 Å². The van der Waals surface area contributed by atoms with Crippen molar-refractivity contribution in [1.82, 2.24) is 0 Å². The van der Waals surface area contributed by atoms with Crippen molar-refractivity contribution in [1.29, 1.82) is 0 Å². The Bertz CT molecular complexity index is 2880. The van der Waals surface area contributed by atoms with Crippen molar-refractivity contribution in [3.05, 3.63) is 102 Å². The van der Waals surface area contributed by atoms with Gasteiger partial charge in [-0.3, -0.25) is 13.7 Å². The Balaban J connectivity index is 1.32. The van der Waals surface area contributed by atoms with Gasteiger partial charge >= 0.3 is 0 Å². The van der Waals surface area contributed by atoms with E-state index in [-0.39, 0.29) is 27.8 Å². The van der Waals surface area contributed by atoms with E-state index in [1.807, 2.05) is 12.1 Å². The molecule has 0 saturated heterocycles. The molecule has 52 heavy (non-hydrogen) atoms. The highest BCUT2D eigenvalue weighted by Gasteiger charge is 2.23. The number of nitrogen functional groups attached to an aromatic ring is 2. The highest BCUT2D eigenvalue weighted by Crippen LogP contribution is 2.41. The average molecular weight is 761 g/mol. The highest BCUT2D eigenvalue weighted by atomic mass is 32.2. The Morgan fingerprint density at radius 2 is 1.04 bits per heavy atom. The molecule has 0 fully saturated rings. The van der Waals surface area contributed by atoms with Gasteiger partial charge in [0.2, 0.25) is 0 Å². The molecule has 0 saturated carbocycles. The maximum atomic E-state index is 12.2. The fourth-order valence-electron chi connectivity index (χ4n) is 5.58. The summed E-state index contributed by atoms with van der Waals surface area (Å²) in [7, 11) is -14.2. The first-order valence-electron chi connectivity index (χ1n) is 15.0. The monoisotopic (exact) mass is 760 g/mol. The summed E-state index contributed by atoms with van der Waals surface area (Å²) < 4.78 is 101. The van der Waals surface area contributed by atoms with Crippen molar-refractivity contribution in [2.45, 2.75) is 28.5 Å². The summed E-state index contributed by atoms with van der Waals surface area (Å²) in [6, 6.07) is 23.0. The van der Waals surface area contributed by atoms with Crippen molar-refractivity contribution < 1.29 is 38.9 Å². The number of rotatable bonds is 8. The first kappa shape index (κ1) is 36.2. The van der Waals surface area contributed by atoms with Crippen molar-refractivity contribution in [3.8, 4) is 11.1 Å². The van der Waals surface area contributed by atoms with Crippen molar-refractivity contribution >= 4 is 86.0 Å². The molecule has 0 unspecified atom stereocenters. The smallest absolute Gasteiger partial charge is 0.296 e. The van der Waals surface area contributed by atoms with Crippen LogP contribution in [0.5, 0.6) is 0 Å². The quantitative estimate of drug-likeness (QED) is 0.0563. The number of anilines is 2. The molecule has 0 bridgehead atoms. The second-order valence-electron chi connectivity index (χ2n) is 11.7. The van der Waals surface area contributed by atoms with E-state index in [2.05, 4.69) is 20.5 Å². The second-order valence-corrected chi connectivity index (χ2v) is 15.9. The summed E-state index contributed by atoms with van der Waals surface area (Å²) in [6.07, 6.45) is 0. The van der Waals surface area contributed by atoms with Crippen LogP contribution >= 0.6 is 0 Å². The van der Waals surface area contributed by atoms with Crippen molar-refractivity contribution in [2.24, 2.45) is 20.5 Å². The predicted octanol–water partition coefficient (Wildman–Crippen LogP) is 8.01. The summed E-state index contributed by atoms with van der Waals surface area (Å²) in [4.78, 5) is -1.69. The van der Waals surface area contributed by atoms with E-state index < -0.39 is 50.7 Å². The van der Waals surface area contributed by atoms with Crippen LogP contribution in [-0.4, -0.2) is 38.9 Å². The number of azo groups is 2. The lowest BCUT2D eigenvalue weighted by molar-refractivity contribution is 0.481. The van der Waals surface area contributed by atoms with Crippen LogP contribution in [0.1, 0.15) is 11.1 Å². The zero-order chi connectivity index (χ0) is 37.7. The molecular weight excluding hydrogens is 733 g/mol. The van der Waals surface area contributed by atoms with E-state index in [4.69, 9.17) is 11.5 Å². The number of benzene rings is 6. The first-order valence-corrected chi connectivity index (χ1v) is 19.3. The number of hydrogen-bond acceptors (Lipinski definition) is 12. The molecule has 7 N–H and O–H groups in total. The van der Waals surface area contributed by atoms with Gasteiger partial charge in [0.25, 0.3) is 30.4 Å². The number of nitrogens with two attached hydrogens (primary N) is 2. The van der Waals surface area contributed by atoms with Gasteiger partial charge in [-0.15, -0.1) is 10.2 Å². The topological polar surface area (TPSA) is 265 Å². The van der Waals surface area contributed by atoms with Gasteiger partial charge < -0.3 is 11.5 Å². The summed E-state index contributed by atoms with van der Waals surface area (Å²) in [6.45, 7) is 3.55. The molecule has 0 radical (unpaired) electrons. The zero-order valence-corrected chi connectivity index (χ0v) is 29.6. The van der Waals surface area contributed by atoms with Crippen LogP contribution in [0.15, 0.2) is 126 Å². The zero-order valence-electron chi connectivity index (χ0n) is 27.1. The largest absolute Gasteiger partial charge is 0.396 e. The van der Waals surface area contributed by atoms with Gasteiger partial charge in [0.1, 0.15) is 21.2 Å². The molecule has 0 heterocycles. The lowest BCUT2D eigenvalue weighted by Gasteiger charge is -2.11. The highest BCUT2D eigenvalue weighted by molar-refractivity contribution is 7.86. The van der Waals surface area contributed by atoms with Crippen molar-refractivity contribution in [3.63, 3.8) is 0 Å². The molecule has 6 aromatic carbocycles. The minimum absolute atomic E-state index is 0.0101. The van der Waals surface area contributed by atoms with E-state index in [0.29, 0.717) is 33.3 Å². The molecule has 0 aromatic heterocycles. The molecule has 0 amide bonds. The molecule has 6 aromatic rings. The Hall–Kier alpha value is -5.63. The molecule has 266 valence electrons. The third kappa shape index (κ3) is 7.11. The SMILES string of the molecule is Cc1cc(-c2ccc(N=Nc3c(N)c(S(=O)(=O)O)cc4cc(S(=O)(=O)O)ccc34)c(C)c2)ccc1N=Nc1c(S(=O)(=O)O)cc2ccccc2c1N. The minimum atomic E-state index is -4.86. The van der Waals surface area contributed by atoms with E-state index >= 15 is 0 Å². The first-order chi connectivity index (χ1) is 24.3. The van der Waals surface area contributed by atoms with Crippen LogP contribution in [0.4, 0.5) is 34.1 Å². The Morgan fingerprint density at radius 3 is 1.58 bits per heavy atom. The molecule has 15 nitrogen and oxygen atoms in total. The molecule has 6 rings (SSSR count). The maximum Gasteiger partial charge on any atom is 0.296 e. The molecule has 0 aliphatic rings. The van der Waals surface area contributed by atoms with Crippen molar-refractivity contribution in [2.75, 3.05) is 11.5 Å². The summed E-state index contributed by atoms with van der Waals surface area (Å²) in [5, 5.41) is 18.1. The molecule has 0 aliphatic heterocycles. The molecule has 18 heteroatoms. The number of hydrogen-bond donors (Lipinski definition) is 5. The van der Waals surface area contributed by atoms with Crippen LogP contribution < -0.4 is 11.5 Å². The van der Waals surface area contributed by atoms with E-state index in [9.17, 15) is 38.9 Å². The van der Waals surface area contributed by atoms with Gasteiger partial charge in [0, 0.05) is 10.8 Å². The van der Waals surface area contributed by atoms with E-state index in [1.165, 1.54) is 12.1 Å². The average Bonchev–Trinajstić information content (AvgIpc) is 3.06. The maximum absolute atomic E-state index is 12.2. The molecule has 0 aliphatic carbocycles. The molecular formula is C34H28N6O9S3. The van der Waals surface area contributed by atoms with Gasteiger partial charge in [0.15, 0.2) is 0 Å². The molecule has 0 atom stereocenters. The lowest BCUT2D eigenvalue weighted by Crippen LogP contribution is -2.04. The minimum Gasteiger partial charge on any atom is -0.396 e. The Morgan fingerprint density at radius 1 is 0.500 bits per heavy atom. The van der Waals surface area contributed by atoms with E-state index in [0.717, 1.165) is 29.3 Å². The third-order valence-corrected chi connectivity index (χ3v) is 10.8. The standard InChI is InChI=1S/C34H28N6O9S3/c1-18-13-20(7-11-27(18)37-39-33-26-10-9-24(50(41,42)43)15-23(26)17-29(32(33)36)51(44,45)46)21-8-12-28(19(2)14-21)38-40-34-30(52(47,48)49)16-22-5-3-4-6-25(22)31(34)35/h3-17H,35-36H2,1-2H3,(H,41,42,43)(H,44,45,46)(H,47,48,49). The van der Waals surface area contributed by atoms with Crippen LogP contribution in [0.3, 0.4) is 0 Å². The third-order valence-electron chi connectivity index (χ3n) is 8.21. The predicted molar refractivity (Wildman–Crippen MR) is 196 cm³/mol.